The van der Waals surface area contributed by atoms with Crippen LogP contribution >= 0.6 is 0 Å². The molecule has 0 aliphatic carbocycles. The van der Waals surface area contributed by atoms with Gasteiger partial charge in [-0.2, -0.15) is 0 Å². The quantitative estimate of drug-likeness (QED) is 0.634. The second-order valence-electron chi connectivity index (χ2n) is 7.70. The van der Waals surface area contributed by atoms with Crippen molar-refractivity contribution in [3.05, 3.63) is 66.2 Å². The fourth-order valence-corrected chi connectivity index (χ4v) is 3.58. The van der Waals surface area contributed by atoms with Crippen LogP contribution in [0.25, 0.3) is 0 Å². The summed E-state index contributed by atoms with van der Waals surface area (Å²) in [5, 5.41) is 6.72. The van der Waals surface area contributed by atoms with Crippen molar-refractivity contribution in [2.45, 2.75) is 33.2 Å². The Morgan fingerprint density at radius 2 is 1.76 bits per heavy atom. The minimum Gasteiger partial charge on any atom is -0.372 e. The Morgan fingerprint density at radius 3 is 2.48 bits per heavy atom. The summed E-state index contributed by atoms with van der Waals surface area (Å²) in [5.74, 6) is 3.12. The molecule has 0 bridgehead atoms. The van der Waals surface area contributed by atoms with E-state index in [2.05, 4.69) is 61.7 Å². The minimum atomic E-state index is 0.625. The standard InChI is InChI=1S/C23H28N6/c1-17-10-13-29(14-11-17)21-8-6-19(7-9-21)28-23-15-22(26-18(2)27-23)25-16-20-5-3-4-12-24-20/h3-9,12,15,17H,10-11,13-14,16H2,1-2H3,(H2,25,26,27,28). The van der Waals surface area contributed by atoms with Gasteiger partial charge in [0.2, 0.25) is 0 Å². The molecule has 6 nitrogen and oxygen atoms in total. The highest BCUT2D eigenvalue weighted by atomic mass is 15.1. The Hall–Kier alpha value is -3.15. The summed E-state index contributed by atoms with van der Waals surface area (Å²) in [5.41, 5.74) is 3.29. The third-order valence-corrected chi connectivity index (χ3v) is 5.30. The number of benzene rings is 1. The summed E-state index contributed by atoms with van der Waals surface area (Å²) >= 11 is 0. The average Bonchev–Trinajstić information content (AvgIpc) is 2.74. The molecule has 1 aromatic carbocycles. The van der Waals surface area contributed by atoms with E-state index in [-0.39, 0.29) is 0 Å². The van der Waals surface area contributed by atoms with Crippen molar-refractivity contribution >= 4 is 23.0 Å². The molecule has 6 heteroatoms. The third-order valence-electron chi connectivity index (χ3n) is 5.30. The van der Waals surface area contributed by atoms with E-state index in [0.717, 1.165) is 47.8 Å². The molecule has 150 valence electrons. The molecular weight excluding hydrogens is 360 g/mol. The molecule has 3 heterocycles. The van der Waals surface area contributed by atoms with Gasteiger partial charge in [0.15, 0.2) is 0 Å². The Bertz CT molecular complexity index is 918. The van der Waals surface area contributed by atoms with Gasteiger partial charge in [-0.25, -0.2) is 9.97 Å². The first kappa shape index (κ1) is 19.2. The lowest BCUT2D eigenvalue weighted by molar-refractivity contribution is 0.438. The van der Waals surface area contributed by atoms with E-state index in [1.807, 2.05) is 31.2 Å². The molecule has 3 aromatic rings. The highest BCUT2D eigenvalue weighted by Crippen LogP contribution is 2.25. The molecule has 0 spiro atoms. The minimum absolute atomic E-state index is 0.625. The van der Waals surface area contributed by atoms with E-state index >= 15 is 0 Å². The van der Waals surface area contributed by atoms with Crippen molar-refractivity contribution < 1.29 is 0 Å². The summed E-state index contributed by atoms with van der Waals surface area (Å²) in [6, 6.07) is 16.4. The molecule has 0 atom stereocenters. The first-order valence-electron chi connectivity index (χ1n) is 10.3. The molecule has 2 aromatic heterocycles. The van der Waals surface area contributed by atoms with Gasteiger partial charge in [0.1, 0.15) is 17.5 Å². The van der Waals surface area contributed by atoms with Gasteiger partial charge in [-0.1, -0.05) is 13.0 Å². The second kappa shape index (κ2) is 8.90. The SMILES string of the molecule is Cc1nc(NCc2ccccn2)cc(Nc2ccc(N3CCC(C)CC3)cc2)n1. The number of pyridine rings is 1. The lowest BCUT2D eigenvalue weighted by Crippen LogP contribution is -2.32. The van der Waals surface area contributed by atoms with Gasteiger partial charge in [-0.05, 0) is 62.1 Å². The van der Waals surface area contributed by atoms with E-state index in [1.165, 1.54) is 18.5 Å². The second-order valence-corrected chi connectivity index (χ2v) is 7.70. The highest BCUT2D eigenvalue weighted by molar-refractivity contribution is 5.62. The van der Waals surface area contributed by atoms with Crippen LogP contribution in [0.4, 0.5) is 23.0 Å². The third kappa shape index (κ3) is 5.22. The van der Waals surface area contributed by atoms with Gasteiger partial charge in [-0.3, -0.25) is 4.98 Å². The average molecular weight is 389 g/mol. The number of hydrogen-bond acceptors (Lipinski definition) is 6. The van der Waals surface area contributed by atoms with E-state index in [0.29, 0.717) is 6.54 Å². The highest BCUT2D eigenvalue weighted by Gasteiger charge is 2.15. The summed E-state index contributed by atoms with van der Waals surface area (Å²) in [4.78, 5) is 15.8. The fraction of sp³-hybridized carbons (Fsp3) is 0.348. The molecule has 29 heavy (non-hydrogen) atoms. The molecule has 0 unspecified atom stereocenters. The van der Waals surface area contributed by atoms with Crippen LogP contribution < -0.4 is 15.5 Å². The molecule has 1 fully saturated rings. The first-order valence-corrected chi connectivity index (χ1v) is 10.3. The molecule has 1 aliphatic heterocycles. The zero-order valence-electron chi connectivity index (χ0n) is 17.1. The molecule has 0 amide bonds. The van der Waals surface area contributed by atoms with Gasteiger partial charge >= 0.3 is 0 Å². The van der Waals surface area contributed by atoms with Crippen LogP contribution in [0.5, 0.6) is 0 Å². The Labute approximate surface area is 172 Å². The van der Waals surface area contributed by atoms with Gasteiger partial charge in [0.25, 0.3) is 0 Å². The lowest BCUT2D eigenvalue weighted by Gasteiger charge is -2.32. The summed E-state index contributed by atoms with van der Waals surface area (Å²) < 4.78 is 0. The fourth-order valence-electron chi connectivity index (χ4n) is 3.58. The van der Waals surface area contributed by atoms with Crippen LogP contribution in [-0.2, 0) is 6.54 Å². The van der Waals surface area contributed by atoms with Gasteiger partial charge in [0.05, 0.1) is 12.2 Å². The van der Waals surface area contributed by atoms with E-state index < -0.39 is 0 Å². The summed E-state index contributed by atoms with van der Waals surface area (Å²) in [7, 11) is 0. The number of anilines is 4. The van der Waals surface area contributed by atoms with E-state index in [9.17, 15) is 0 Å². The number of aromatic nitrogens is 3. The molecule has 1 aliphatic rings. The van der Waals surface area contributed by atoms with Crippen LogP contribution in [0.3, 0.4) is 0 Å². The van der Waals surface area contributed by atoms with E-state index in [4.69, 9.17) is 0 Å². The molecular formula is C23H28N6. The number of rotatable bonds is 6. The number of piperidine rings is 1. The molecule has 2 N–H and O–H groups in total. The van der Waals surface area contributed by atoms with Crippen molar-refractivity contribution in [1.82, 2.24) is 15.0 Å². The van der Waals surface area contributed by atoms with Crippen molar-refractivity contribution in [3.63, 3.8) is 0 Å². The first-order chi connectivity index (χ1) is 14.2. The van der Waals surface area contributed by atoms with Crippen LogP contribution in [0.2, 0.25) is 0 Å². The van der Waals surface area contributed by atoms with Crippen molar-refractivity contribution in [2.75, 3.05) is 28.6 Å². The molecule has 1 saturated heterocycles. The van der Waals surface area contributed by atoms with Crippen LogP contribution in [-0.4, -0.2) is 28.0 Å². The molecule has 0 radical (unpaired) electrons. The Kier molecular flexibility index (Phi) is 5.89. The number of nitrogens with zero attached hydrogens (tertiary/aromatic N) is 4. The number of nitrogens with one attached hydrogen (secondary N) is 2. The summed E-state index contributed by atoms with van der Waals surface area (Å²) in [6.07, 6.45) is 4.34. The predicted molar refractivity (Wildman–Crippen MR) is 119 cm³/mol. The smallest absolute Gasteiger partial charge is 0.136 e. The number of hydrogen-bond donors (Lipinski definition) is 2. The maximum atomic E-state index is 4.52. The van der Waals surface area contributed by atoms with Gasteiger partial charge in [0, 0.05) is 36.7 Å². The van der Waals surface area contributed by atoms with Crippen molar-refractivity contribution in [1.29, 1.82) is 0 Å². The zero-order valence-corrected chi connectivity index (χ0v) is 17.1. The van der Waals surface area contributed by atoms with Crippen molar-refractivity contribution in [3.8, 4) is 0 Å². The van der Waals surface area contributed by atoms with Crippen LogP contribution in [0.1, 0.15) is 31.3 Å². The van der Waals surface area contributed by atoms with Gasteiger partial charge in [-0.15, -0.1) is 0 Å². The Balaban J connectivity index is 1.40. The normalized spacial score (nSPS) is 14.6. The topological polar surface area (TPSA) is 66.0 Å². The van der Waals surface area contributed by atoms with Gasteiger partial charge < -0.3 is 15.5 Å². The Morgan fingerprint density at radius 1 is 1.00 bits per heavy atom. The van der Waals surface area contributed by atoms with Crippen molar-refractivity contribution in [2.24, 2.45) is 5.92 Å². The largest absolute Gasteiger partial charge is 0.372 e. The summed E-state index contributed by atoms with van der Waals surface area (Å²) in [6.45, 7) is 7.15. The van der Waals surface area contributed by atoms with E-state index in [1.54, 1.807) is 6.20 Å². The predicted octanol–water partition coefficient (Wildman–Crippen LogP) is 4.77. The zero-order chi connectivity index (χ0) is 20.1. The molecule has 0 saturated carbocycles. The van der Waals surface area contributed by atoms with Crippen LogP contribution in [0.15, 0.2) is 54.7 Å². The monoisotopic (exact) mass is 388 g/mol. The van der Waals surface area contributed by atoms with Crippen LogP contribution in [0, 0.1) is 12.8 Å². The lowest BCUT2D eigenvalue weighted by atomic mass is 9.99. The maximum absolute atomic E-state index is 4.52. The number of aryl methyl sites for hydroxylation is 1. The maximum Gasteiger partial charge on any atom is 0.136 e. The molecule has 4 rings (SSSR count).